The van der Waals surface area contributed by atoms with Gasteiger partial charge in [-0.2, -0.15) is 0 Å². The highest BCUT2D eigenvalue weighted by Crippen LogP contribution is 2.28. The Bertz CT molecular complexity index is 1850. The van der Waals surface area contributed by atoms with Crippen molar-refractivity contribution < 1.29 is 48.1 Å². The number of nitrogens with one attached hydrogen (secondary N) is 3. The summed E-state index contributed by atoms with van der Waals surface area (Å²) in [4.78, 5) is 96.1. The van der Waals surface area contributed by atoms with Crippen LogP contribution in [-0.2, 0) is 46.3 Å². The average Bonchev–Trinajstić information content (AvgIpc) is 3.20. The number of benzene rings is 2. The first-order valence-electron chi connectivity index (χ1n) is 22.9. The minimum Gasteiger partial charge on any atom is -0.480 e. The summed E-state index contributed by atoms with van der Waals surface area (Å²) in [5.74, 6) is -4.17. The van der Waals surface area contributed by atoms with Gasteiger partial charge in [0.1, 0.15) is 22.5 Å². The molecule has 1 heterocycles. The van der Waals surface area contributed by atoms with E-state index in [2.05, 4.69) is 16.0 Å². The normalized spacial score (nSPS) is 15.8. The molecule has 14 heteroatoms. The molecule has 0 aliphatic carbocycles. The molecule has 1 saturated heterocycles. The summed E-state index contributed by atoms with van der Waals surface area (Å²) in [6, 6.07) is 18.3. The Morgan fingerprint density at radius 2 is 1.23 bits per heavy atom. The van der Waals surface area contributed by atoms with Crippen molar-refractivity contribution in [1.29, 1.82) is 0 Å². The van der Waals surface area contributed by atoms with Gasteiger partial charge < -0.3 is 35.4 Å². The minimum absolute atomic E-state index is 0.00266. The van der Waals surface area contributed by atoms with Crippen LogP contribution in [0.5, 0.6) is 0 Å². The monoisotopic (exact) mass is 891 g/mol. The molecule has 0 spiro atoms. The number of carboxylic acid groups (broad SMARTS) is 1. The highest BCUT2D eigenvalue weighted by Gasteiger charge is 2.45. The third kappa shape index (κ3) is 18.4. The van der Waals surface area contributed by atoms with Gasteiger partial charge in [-0.15, -0.1) is 0 Å². The second-order valence-corrected chi connectivity index (χ2v) is 19.7. The van der Waals surface area contributed by atoms with E-state index in [1.807, 2.05) is 81.4 Å². The minimum atomic E-state index is -1.65. The van der Waals surface area contributed by atoms with Crippen molar-refractivity contribution in [2.24, 2.45) is 23.7 Å². The van der Waals surface area contributed by atoms with Gasteiger partial charge in [0, 0.05) is 50.2 Å². The number of ketones is 2. The SMILES string of the molecule is CC[C@H](Cc1ccccc1)C(=O)C[C@H](Cc1ccccc1)C(=O)N[C@H](CC(C)C)C(=O)C[C@H](CCCCNC(=O)OC(C)(C)C)C(=O)N1CCC(NC(=O)OC(C)(C)C)(C(=O)O)CC1. The van der Waals surface area contributed by atoms with E-state index in [0.717, 1.165) is 11.1 Å². The number of Topliss-reactive ketones (excluding diaryl/α,β-unsaturated/α-hetero) is 2. The number of carbonyl (C=O) groups is 7. The Hall–Kier alpha value is -5.27. The molecular formula is C50H74N4O10. The molecule has 1 aliphatic rings. The highest BCUT2D eigenvalue weighted by atomic mass is 16.6. The molecule has 2 aromatic rings. The molecule has 4 N–H and O–H groups in total. The number of rotatable bonds is 23. The Morgan fingerprint density at radius 3 is 1.73 bits per heavy atom. The van der Waals surface area contributed by atoms with Gasteiger partial charge in [-0.1, -0.05) is 87.9 Å². The van der Waals surface area contributed by atoms with Crippen molar-refractivity contribution in [3.63, 3.8) is 0 Å². The summed E-state index contributed by atoms with van der Waals surface area (Å²) in [6.07, 6.45) is 1.25. The maximum atomic E-state index is 14.4. The zero-order chi connectivity index (χ0) is 47.7. The number of unbranched alkanes of at least 4 members (excludes halogenated alkanes) is 1. The Balaban J connectivity index is 1.84. The van der Waals surface area contributed by atoms with Crippen molar-refractivity contribution >= 4 is 41.5 Å². The topological polar surface area (TPSA) is 198 Å². The fraction of sp³-hybridized carbons (Fsp3) is 0.620. The van der Waals surface area contributed by atoms with Crippen molar-refractivity contribution in [2.45, 2.75) is 156 Å². The molecule has 3 rings (SSSR count). The van der Waals surface area contributed by atoms with Crippen molar-refractivity contribution in [1.82, 2.24) is 20.9 Å². The number of carbonyl (C=O) groups excluding carboxylic acids is 6. The summed E-state index contributed by atoms with van der Waals surface area (Å²) < 4.78 is 10.7. The van der Waals surface area contributed by atoms with Crippen LogP contribution in [0, 0.1) is 23.7 Å². The van der Waals surface area contributed by atoms with Crippen LogP contribution >= 0.6 is 0 Å². The number of likely N-dealkylation sites (tertiary alicyclic amines) is 1. The number of ether oxygens (including phenoxy) is 2. The third-order valence-electron chi connectivity index (χ3n) is 11.4. The fourth-order valence-electron chi connectivity index (χ4n) is 7.96. The van der Waals surface area contributed by atoms with E-state index in [1.54, 1.807) is 41.5 Å². The van der Waals surface area contributed by atoms with E-state index >= 15 is 0 Å². The Labute approximate surface area is 380 Å². The van der Waals surface area contributed by atoms with Gasteiger partial charge in [0.25, 0.3) is 0 Å². The van der Waals surface area contributed by atoms with Crippen LogP contribution in [0.4, 0.5) is 9.59 Å². The molecule has 0 bridgehead atoms. The van der Waals surface area contributed by atoms with Gasteiger partial charge in [0.05, 0.1) is 6.04 Å². The molecule has 0 aromatic heterocycles. The molecule has 14 nitrogen and oxygen atoms in total. The van der Waals surface area contributed by atoms with Crippen LogP contribution in [0.25, 0.3) is 0 Å². The van der Waals surface area contributed by atoms with Gasteiger partial charge in [0.2, 0.25) is 11.8 Å². The summed E-state index contributed by atoms with van der Waals surface area (Å²) in [6.45, 7) is 16.5. The first-order valence-corrected chi connectivity index (χ1v) is 22.9. The van der Waals surface area contributed by atoms with Gasteiger partial charge in [-0.05, 0) is 110 Å². The number of carboxylic acids is 1. The lowest BCUT2D eigenvalue weighted by Gasteiger charge is -2.40. The van der Waals surface area contributed by atoms with Crippen molar-refractivity contribution in [3.8, 4) is 0 Å². The van der Waals surface area contributed by atoms with Crippen LogP contribution in [0.2, 0.25) is 0 Å². The van der Waals surface area contributed by atoms with Crippen LogP contribution < -0.4 is 16.0 Å². The molecule has 0 saturated carbocycles. The van der Waals surface area contributed by atoms with Gasteiger partial charge in [0.15, 0.2) is 5.78 Å². The van der Waals surface area contributed by atoms with Gasteiger partial charge >= 0.3 is 18.2 Å². The molecule has 4 atom stereocenters. The van der Waals surface area contributed by atoms with Crippen molar-refractivity contribution in [3.05, 3.63) is 71.8 Å². The number of piperidine rings is 1. The highest BCUT2D eigenvalue weighted by molar-refractivity contribution is 5.94. The van der Waals surface area contributed by atoms with Crippen molar-refractivity contribution in [2.75, 3.05) is 19.6 Å². The lowest BCUT2D eigenvalue weighted by molar-refractivity contribution is -0.150. The zero-order valence-electron chi connectivity index (χ0n) is 39.6. The summed E-state index contributed by atoms with van der Waals surface area (Å²) >= 11 is 0. The summed E-state index contributed by atoms with van der Waals surface area (Å²) in [5.41, 5.74) is -1.24. The standard InChI is InChI=1S/C50H74N4O10/c1-10-37(30-35-19-13-11-14-20-35)41(55)33-39(31-36-21-15-12-16-22-36)43(57)52-40(29-34(2)3)42(56)32-38(23-17-18-26-51-46(61)63-48(4,5)6)44(58)54-27-24-50(25-28-54,45(59)60)53-47(62)64-49(7,8)9/h11-16,19-22,34,37-40H,10,17-18,23-33H2,1-9H3,(H,51,61)(H,52,57)(H,53,62)(H,59,60)/t37-,38+,39+,40-/m1/s1. The summed E-state index contributed by atoms with van der Waals surface area (Å²) in [7, 11) is 0. The number of hydrogen-bond acceptors (Lipinski definition) is 9. The molecule has 1 aliphatic heterocycles. The van der Waals surface area contributed by atoms with Crippen LogP contribution in [0.15, 0.2) is 60.7 Å². The quantitative estimate of drug-likeness (QED) is 0.0798. The average molecular weight is 891 g/mol. The molecule has 0 unspecified atom stereocenters. The number of hydrogen-bond donors (Lipinski definition) is 4. The third-order valence-corrected chi connectivity index (χ3v) is 11.4. The van der Waals surface area contributed by atoms with Crippen LogP contribution in [0.1, 0.15) is 131 Å². The second kappa shape index (κ2) is 24.7. The molecular weight excluding hydrogens is 817 g/mol. The van der Waals surface area contributed by atoms with Crippen LogP contribution in [0.3, 0.4) is 0 Å². The molecule has 4 amide bonds. The maximum Gasteiger partial charge on any atom is 0.408 e. The van der Waals surface area contributed by atoms with E-state index < -0.39 is 58.7 Å². The Morgan fingerprint density at radius 1 is 0.719 bits per heavy atom. The van der Waals surface area contributed by atoms with E-state index in [1.165, 1.54) is 4.90 Å². The molecule has 2 aromatic carbocycles. The number of amides is 4. The largest absolute Gasteiger partial charge is 0.480 e. The zero-order valence-corrected chi connectivity index (χ0v) is 39.6. The van der Waals surface area contributed by atoms with E-state index in [0.29, 0.717) is 38.5 Å². The Kier molecular flexibility index (Phi) is 20.5. The first-order chi connectivity index (χ1) is 30.0. The number of alkyl carbamates (subject to hydrolysis) is 2. The predicted octanol–water partition coefficient (Wildman–Crippen LogP) is 7.85. The van der Waals surface area contributed by atoms with Crippen LogP contribution in [-0.4, -0.2) is 94.0 Å². The maximum absolute atomic E-state index is 14.4. The lowest BCUT2D eigenvalue weighted by atomic mass is 9.84. The smallest absolute Gasteiger partial charge is 0.408 e. The molecule has 354 valence electrons. The number of nitrogens with zero attached hydrogens (tertiary/aromatic N) is 1. The number of aliphatic carboxylic acids is 1. The first kappa shape index (κ1) is 53.1. The fourth-order valence-corrected chi connectivity index (χ4v) is 7.96. The van der Waals surface area contributed by atoms with E-state index in [-0.39, 0.29) is 81.0 Å². The van der Waals surface area contributed by atoms with Gasteiger partial charge in [-0.25, -0.2) is 14.4 Å². The van der Waals surface area contributed by atoms with E-state index in [4.69, 9.17) is 9.47 Å². The molecule has 0 radical (unpaired) electrons. The van der Waals surface area contributed by atoms with E-state index in [9.17, 15) is 38.7 Å². The molecule has 1 fully saturated rings. The lowest BCUT2D eigenvalue weighted by Crippen LogP contribution is -2.61. The molecule has 64 heavy (non-hydrogen) atoms. The van der Waals surface area contributed by atoms with Gasteiger partial charge in [-0.3, -0.25) is 19.2 Å². The predicted molar refractivity (Wildman–Crippen MR) is 245 cm³/mol. The summed E-state index contributed by atoms with van der Waals surface area (Å²) in [5, 5.41) is 18.5. The second-order valence-electron chi connectivity index (χ2n) is 19.7.